The summed E-state index contributed by atoms with van der Waals surface area (Å²) in [6, 6.07) is 16.6. The molecule has 0 spiro atoms. The lowest BCUT2D eigenvalue weighted by Gasteiger charge is -2.29. The Balaban J connectivity index is 2.01. The van der Waals surface area contributed by atoms with Crippen LogP contribution in [-0.4, -0.2) is 41.7 Å². The molecule has 1 amide bonds. The maximum Gasteiger partial charge on any atom is 0.265 e. The minimum Gasteiger partial charge on any atom is -0.478 e. The molecule has 128 valence electrons. The first-order chi connectivity index (χ1) is 11.4. The van der Waals surface area contributed by atoms with E-state index in [2.05, 4.69) is 0 Å². The summed E-state index contributed by atoms with van der Waals surface area (Å²) in [7, 11) is 1.64. The summed E-state index contributed by atoms with van der Waals surface area (Å²) in [4.78, 5) is 13.8. The molecule has 5 nitrogen and oxygen atoms in total. The molecule has 0 heterocycles. The van der Waals surface area contributed by atoms with Gasteiger partial charge in [0.05, 0.1) is 6.61 Å². The molecule has 0 aliphatic carbocycles. The van der Waals surface area contributed by atoms with Gasteiger partial charge in [0.1, 0.15) is 17.2 Å². The summed E-state index contributed by atoms with van der Waals surface area (Å²) in [5.74, 6) is 1.83. The van der Waals surface area contributed by atoms with Crippen molar-refractivity contribution in [1.29, 1.82) is 0 Å². The second-order valence-corrected chi connectivity index (χ2v) is 5.95. The van der Waals surface area contributed by atoms with Crippen LogP contribution in [0.15, 0.2) is 54.6 Å². The fourth-order valence-corrected chi connectivity index (χ4v) is 2.25. The Hall–Kier alpha value is -2.53. The number of aliphatic hydroxyl groups excluding tert-OH is 1. The number of aliphatic hydroxyl groups is 1. The minimum atomic E-state index is -1.02. The molecule has 0 aliphatic rings. The third-order valence-corrected chi connectivity index (χ3v) is 3.47. The highest BCUT2D eigenvalue weighted by Gasteiger charge is 2.32. The van der Waals surface area contributed by atoms with Crippen LogP contribution in [0.2, 0.25) is 0 Å². The summed E-state index contributed by atoms with van der Waals surface area (Å²) >= 11 is 0. The number of likely N-dealkylation sites (N-methyl/N-ethyl adjacent to an activating group) is 1. The summed E-state index contributed by atoms with van der Waals surface area (Å²) in [5.41, 5.74) is -1.02. The van der Waals surface area contributed by atoms with E-state index in [0.29, 0.717) is 11.5 Å². The van der Waals surface area contributed by atoms with Gasteiger partial charge in [0.2, 0.25) is 0 Å². The Morgan fingerprint density at radius 2 is 1.54 bits per heavy atom. The zero-order valence-corrected chi connectivity index (χ0v) is 14.2. The van der Waals surface area contributed by atoms with E-state index in [0.717, 1.165) is 5.75 Å². The largest absolute Gasteiger partial charge is 0.478 e. The molecule has 0 saturated heterocycles. The summed E-state index contributed by atoms with van der Waals surface area (Å²) < 4.78 is 11.5. The van der Waals surface area contributed by atoms with Gasteiger partial charge in [-0.05, 0) is 50.2 Å². The molecule has 0 aromatic heterocycles. The van der Waals surface area contributed by atoms with Crippen LogP contribution >= 0.6 is 0 Å². The number of nitrogens with zero attached hydrogens (tertiary/aromatic N) is 1. The van der Waals surface area contributed by atoms with Gasteiger partial charge < -0.3 is 19.5 Å². The van der Waals surface area contributed by atoms with Crippen LogP contribution in [-0.2, 0) is 4.79 Å². The molecular weight excluding hydrogens is 306 g/mol. The van der Waals surface area contributed by atoms with E-state index in [1.807, 2.05) is 30.3 Å². The number of hydrogen-bond donors (Lipinski definition) is 1. The number of rotatable bonds is 7. The number of benzene rings is 2. The number of carbonyl (C=O) groups excluding carboxylic acids is 1. The van der Waals surface area contributed by atoms with Gasteiger partial charge in [0.25, 0.3) is 5.91 Å². The smallest absolute Gasteiger partial charge is 0.265 e. The van der Waals surface area contributed by atoms with Crippen molar-refractivity contribution in [3.63, 3.8) is 0 Å². The van der Waals surface area contributed by atoms with Gasteiger partial charge in [-0.2, -0.15) is 0 Å². The van der Waals surface area contributed by atoms with E-state index >= 15 is 0 Å². The van der Waals surface area contributed by atoms with E-state index in [9.17, 15) is 4.79 Å². The van der Waals surface area contributed by atoms with Crippen molar-refractivity contribution in [2.75, 3.05) is 20.2 Å². The normalized spacial score (nSPS) is 11.0. The molecule has 0 saturated carbocycles. The Morgan fingerprint density at radius 3 is 2.12 bits per heavy atom. The highest BCUT2D eigenvalue weighted by Crippen LogP contribution is 2.26. The van der Waals surface area contributed by atoms with Gasteiger partial charge in [-0.25, -0.2) is 0 Å². The van der Waals surface area contributed by atoms with E-state index < -0.39 is 5.60 Å². The average molecular weight is 329 g/mol. The van der Waals surface area contributed by atoms with Crippen LogP contribution in [0.25, 0.3) is 0 Å². The summed E-state index contributed by atoms with van der Waals surface area (Å²) in [6.07, 6.45) is 0. The maximum atomic E-state index is 12.3. The highest BCUT2D eigenvalue weighted by molar-refractivity contribution is 5.84. The van der Waals surface area contributed by atoms with Gasteiger partial charge in [0.15, 0.2) is 5.60 Å². The Kier molecular flexibility index (Phi) is 5.82. The first kappa shape index (κ1) is 17.8. The first-order valence-corrected chi connectivity index (χ1v) is 7.81. The molecule has 0 fully saturated rings. The monoisotopic (exact) mass is 329 g/mol. The topological polar surface area (TPSA) is 59.0 Å². The summed E-state index contributed by atoms with van der Waals surface area (Å²) in [5, 5.41) is 8.94. The first-order valence-electron chi connectivity index (χ1n) is 7.81. The standard InChI is InChI=1S/C19H23NO4/c1-19(2,18(22)20(3)13-14-21)24-17-11-9-16(10-12-17)23-15-7-5-4-6-8-15/h4-12,21H,13-14H2,1-3H3. The third-order valence-electron chi connectivity index (χ3n) is 3.47. The second-order valence-electron chi connectivity index (χ2n) is 5.95. The molecular formula is C19H23NO4. The van der Waals surface area contributed by atoms with Crippen molar-refractivity contribution < 1.29 is 19.4 Å². The van der Waals surface area contributed by atoms with E-state index in [4.69, 9.17) is 14.6 Å². The fourth-order valence-electron chi connectivity index (χ4n) is 2.25. The zero-order valence-electron chi connectivity index (χ0n) is 14.2. The molecule has 0 aliphatic heterocycles. The molecule has 1 N–H and O–H groups in total. The van der Waals surface area contributed by atoms with Gasteiger partial charge in [-0.15, -0.1) is 0 Å². The predicted octanol–water partition coefficient (Wildman–Crippen LogP) is 3.09. The van der Waals surface area contributed by atoms with Gasteiger partial charge in [-0.1, -0.05) is 18.2 Å². The van der Waals surface area contributed by atoms with Crippen molar-refractivity contribution in [1.82, 2.24) is 4.90 Å². The predicted molar refractivity (Wildman–Crippen MR) is 92.4 cm³/mol. The van der Waals surface area contributed by atoms with Crippen LogP contribution in [0, 0.1) is 0 Å². The fraction of sp³-hybridized carbons (Fsp3) is 0.316. The van der Waals surface area contributed by atoms with Gasteiger partial charge >= 0.3 is 0 Å². The molecule has 24 heavy (non-hydrogen) atoms. The number of carbonyl (C=O) groups is 1. The van der Waals surface area contributed by atoms with Gasteiger partial charge in [-0.3, -0.25) is 4.79 Å². The quantitative estimate of drug-likeness (QED) is 0.848. The molecule has 0 bridgehead atoms. The van der Waals surface area contributed by atoms with Gasteiger partial charge in [0, 0.05) is 13.6 Å². The van der Waals surface area contributed by atoms with Crippen molar-refractivity contribution in [2.45, 2.75) is 19.4 Å². The zero-order chi connectivity index (χ0) is 17.6. The number of hydrogen-bond acceptors (Lipinski definition) is 4. The lowest BCUT2D eigenvalue weighted by atomic mass is 10.1. The maximum absolute atomic E-state index is 12.3. The van der Waals surface area contributed by atoms with Crippen LogP contribution in [0.3, 0.4) is 0 Å². The SMILES string of the molecule is CN(CCO)C(=O)C(C)(C)Oc1ccc(Oc2ccccc2)cc1. The minimum absolute atomic E-state index is 0.0795. The Bertz CT molecular complexity index is 653. The Morgan fingerprint density at radius 1 is 1.00 bits per heavy atom. The van der Waals surface area contributed by atoms with E-state index in [-0.39, 0.29) is 19.1 Å². The number of para-hydroxylation sites is 1. The van der Waals surface area contributed by atoms with Crippen molar-refractivity contribution in [2.24, 2.45) is 0 Å². The molecule has 0 radical (unpaired) electrons. The Labute approximate surface area is 142 Å². The number of ether oxygens (including phenoxy) is 2. The number of amides is 1. The van der Waals surface area contributed by atoms with Crippen LogP contribution in [0.4, 0.5) is 0 Å². The summed E-state index contributed by atoms with van der Waals surface area (Å²) in [6.45, 7) is 3.61. The van der Waals surface area contributed by atoms with E-state index in [1.165, 1.54) is 4.90 Å². The average Bonchev–Trinajstić information content (AvgIpc) is 2.57. The van der Waals surface area contributed by atoms with Crippen LogP contribution < -0.4 is 9.47 Å². The van der Waals surface area contributed by atoms with E-state index in [1.54, 1.807) is 45.2 Å². The molecule has 5 heteroatoms. The second kappa shape index (κ2) is 7.84. The van der Waals surface area contributed by atoms with Crippen molar-refractivity contribution >= 4 is 5.91 Å². The molecule has 2 rings (SSSR count). The molecule has 2 aromatic carbocycles. The lowest BCUT2D eigenvalue weighted by molar-refractivity contribution is -0.144. The third kappa shape index (κ3) is 4.73. The highest BCUT2D eigenvalue weighted by atomic mass is 16.5. The molecule has 2 aromatic rings. The lowest BCUT2D eigenvalue weighted by Crippen LogP contribution is -2.48. The van der Waals surface area contributed by atoms with Crippen molar-refractivity contribution in [3.05, 3.63) is 54.6 Å². The van der Waals surface area contributed by atoms with Crippen LogP contribution in [0.5, 0.6) is 17.2 Å². The molecule has 0 unspecified atom stereocenters. The van der Waals surface area contributed by atoms with Crippen LogP contribution in [0.1, 0.15) is 13.8 Å². The molecule has 0 atom stereocenters. The van der Waals surface area contributed by atoms with Crippen molar-refractivity contribution in [3.8, 4) is 17.2 Å².